The van der Waals surface area contributed by atoms with Gasteiger partial charge >= 0.3 is 0 Å². The molecule has 7 nitrogen and oxygen atoms in total. The first-order chi connectivity index (χ1) is 14.5. The van der Waals surface area contributed by atoms with Crippen molar-refractivity contribution >= 4 is 10.0 Å². The third-order valence-electron chi connectivity index (χ3n) is 5.29. The lowest BCUT2D eigenvalue weighted by Crippen LogP contribution is -2.24. The van der Waals surface area contributed by atoms with E-state index >= 15 is 0 Å². The zero-order chi connectivity index (χ0) is 21.1. The fourth-order valence-corrected chi connectivity index (χ4v) is 4.98. The summed E-state index contributed by atoms with van der Waals surface area (Å²) in [5.74, 6) is -0.570. The van der Waals surface area contributed by atoms with E-state index in [2.05, 4.69) is 14.8 Å². The van der Waals surface area contributed by atoms with Crippen LogP contribution >= 0.6 is 0 Å². The van der Waals surface area contributed by atoms with E-state index in [1.54, 1.807) is 12.4 Å². The van der Waals surface area contributed by atoms with Crippen LogP contribution < -0.4 is 9.46 Å². The predicted molar refractivity (Wildman–Crippen MR) is 110 cm³/mol. The SMILES string of the molecule is COc1ccc(F)cc1S(=O)(=O)NCc1cc(-c2ccncc2)n(C2CCCC2)n1. The Balaban J connectivity index is 1.62. The lowest BCUT2D eigenvalue weighted by molar-refractivity contribution is 0.400. The molecule has 0 unspecified atom stereocenters. The van der Waals surface area contributed by atoms with Crippen molar-refractivity contribution in [3.05, 3.63) is 60.3 Å². The molecule has 0 aliphatic heterocycles. The molecular formula is C21H23FN4O3S. The molecule has 2 heterocycles. The molecule has 2 aromatic heterocycles. The van der Waals surface area contributed by atoms with E-state index < -0.39 is 15.8 Å². The second kappa shape index (κ2) is 8.53. The summed E-state index contributed by atoms with van der Waals surface area (Å²) in [4.78, 5) is 3.83. The molecule has 0 bridgehead atoms. The molecule has 0 saturated heterocycles. The maximum Gasteiger partial charge on any atom is 0.244 e. The number of rotatable bonds is 7. The van der Waals surface area contributed by atoms with Crippen molar-refractivity contribution in [2.24, 2.45) is 0 Å². The molecule has 0 atom stereocenters. The Bertz CT molecular complexity index is 1130. The highest BCUT2D eigenvalue weighted by molar-refractivity contribution is 7.89. The topological polar surface area (TPSA) is 86.1 Å². The van der Waals surface area contributed by atoms with Crippen LogP contribution in [0, 0.1) is 5.82 Å². The van der Waals surface area contributed by atoms with Gasteiger partial charge in [-0.3, -0.25) is 9.67 Å². The van der Waals surface area contributed by atoms with Crippen LogP contribution in [0.15, 0.2) is 53.7 Å². The van der Waals surface area contributed by atoms with E-state index in [1.807, 2.05) is 22.9 Å². The van der Waals surface area contributed by atoms with Crippen LogP contribution in [-0.2, 0) is 16.6 Å². The molecule has 1 fully saturated rings. The van der Waals surface area contributed by atoms with Gasteiger partial charge in [0.15, 0.2) is 0 Å². The number of nitrogens with one attached hydrogen (secondary N) is 1. The zero-order valence-electron chi connectivity index (χ0n) is 16.6. The number of aromatic nitrogens is 3. The van der Waals surface area contributed by atoms with Gasteiger partial charge in [-0.25, -0.2) is 17.5 Å². The summed E-state index contributed by atoms with van der Waals surface area (Å²) < 4.78 is 48.7. The van der Waals surface area contributed by atoms with E-state index in [0.29, 0.717) is 11.7 Å². The zero-order valence-corrected chi connectivity index (χ0v) is 17.4. The Morgan fingerprint density at radius 1 is 1.17 bits per heavy atom. The molecule has 30 heavy (non-hydrogen) atoms. The molecule has 0 radical (unpaired) electrons. The normalized spacial score (nSPS) is 14.9. The molecule has 3 aromatic rings. The number of halogens is 1. The van der Waals surface area contributed by atoms with Crippen molar-refractivity contribution in [3.63, 3.8) is 0 Å². The first kappa shape index (κ1) is 20.5. The largest absolute Gasteiger partial charge is 0.495 e. The van der Waals surface area contributed by atoms with Crippen LogP contribution in [0.4, 0.5) is 4.39 Å². The minimum absolute atomic E-state index is 0.0141. The first-order valence-corrected chi connectivity index (χ1v) is 11.3. The predicted octanol–water partition coefficient (Wildman–Crippen LogP) is 3.69. The Kier molecular flexibility index (Phi) is 5.83. The molecule has 0 amide bonds. The highest BCUT2D eigenvalue weighted by Crippen LogP contribution is 2.33. The fraction of sp³-hybridized carbons (Fsp3) is 0.333. The van der Waals surface area contributed by atoms with E-state index in [-0.39, 0.29) is 17.2 Å². The van der Waals surface area contributed by atoms with Gasteiger partial charge in [0.25, 0.3) is 0 Å². The standard InChI is InChI=1S/C21H23FN4O3S/c1-29-20-7-6-16(22)12-21(20)30(27,28)24-14-17-13-19(15-8-10-23-11-9-15)26(25-17)18-4-2-3-5-18/h6-13,18,24H,2-5,14H2,1H3. The van der Waals surface area contributed by atoms with Crippen molar-refractivity contribution < 1.29 is 17.5 Å². The maximum absolute atomic E-state index is 13.6. The monoisotopic (exact) mass is 430 g/mol. The van der Waals surface area contributed by atoms with Gasteiger partial charge in [-0.15, -0.1) is 0 Å². The van der Waals surface area contributed by atoms with E-state index in [1.165, 1.54) is 13.2 Å². The number of sulfonamides is 1. The molecule has 4 rings (SSSR count). The van der Waals surface area contributed by atoms with Gasteiger partial charge in [-0.2, -0.15) is 5.10 Å². The Labute approximate surface area is 175 Å². The van der Waals surface area contributed by atoms with Gasteiger partial charge in [0, 0.05) is 18.0 Å². The van der Waals surface area contributed by atoms with E-state index in [4.69, 9.17) is 4.74 Å². The number of methoxy groups -OCH3 is 1. The third kappa shape index (κ3) is 4.22. The van der Waals surface area contributed by atoms with Crippen LogP contribution in [0.5, 0.6) is 5.75 Å². The quantitative estimate of drug-likeness (QED) is 0.618. The van der Waals surface area contributed by atoms with Crippen LogP contribution in [0.25, 0.3) is 11.3 Å². The molecule has 1 N–H and O–H groups in total. The van der Waals surface area contributed by atoms with Gasteiger partial charge in [0.1, 0.15) is 16.5 Å². The summed E-state index contributed by atoms with van der Waals surface area (Å²) >= 11 is 0. The number of pyridine rings is 1. The lowest BCUT2D eigenvalue weighted by atomic mass is 10.1. The molecule has 158 valence electrons. The minimum Gasteiger partial charge on any atom is -0.495 e. The van der Waals surface area contributed by atoms with Gasteiger partial charge in [0.2, 0.25) is 10.0 Å². The second-order valence-corrected chi connectivity index (χ2v) is 8.99. The average molecular weight is 431 g/mol. The first-order valence-electron chi connectivity index (χ1n) is 9.80. The number of nitrogens with zero attached hydrogens (tertiary/aromatic N) is 3. The summed E-state index contributed by atoms with van der Waals surface area (Å²) in [6, 6.07) is 9.39. The minimum atomic E-state index is -3.99. The van der Waals surface area contributed by atoms with Crippen molar-refractivity contribution in [1.29, 1.82) is 0 Å². The highest BCUT2D eigenvalue weighted by Gasteiger charge is 2.24. The molecule has 1 saturated carbocycles. The molecule has 1 aromatic carbocycles. The lowest BCUT2D eigenvalue weighted by Gasteiger charge is -2.14. The van der Waals surface area contributed by atoms with Gasteiger partial charge in [-0.1, -0.05) is 12.8 Å². The summed E-state index contributed by atoms with van der Waals surface area (Å²) in [5.41, 5.74) is 2.50. The van der Waals surface area contributed by atoms with Crippen molar-refractivity contribution in [2.45, 2.75) is 43.2 Å². The van der Waals surface area contributed by atoms with Crippen LogP contribution in [0.2, 0.25) is 0 Å². The summed E-state index contributed by atoms with van der Waals surface area (Å²) in [6.45, 7) is -0.0141. The Hall–Kier alpha value is -2.78. The van der Waals surface area contributed by atoms with E-state index in [9.17, 15) is 12.8 Å². The summed E-state index contributed by atoms with van der Waals surface area (Å²) in [5, 5.41) is 4.69. The van der Waals surface area contributed by atoms with E-state index in [0.717, 1.165) is 49.1 Å². The molecule has 9 heteroatoms. The smallest absolute Gasteiger partial charge is 0.244 e. The van der Waals surface area contributed by atoms with Crippen LogP contribution in [0.3, 0.4) is 0 Å². The number of benzene rings is 1. The van der Waals surface area contributed by atoms with Crippen molar-refractivity contribution in [1.82, 2.24) is 19.5 Å². The Morgan fingerprint density at radius 2 is 1.90 bits per heavy atom. The third-order valence-corrected chi connectivity index (χ3v) is 6.71. The molecule has 0 spiro atoms. The number of ether oxygens (including phenoxy) is 1. The summed E-state index contributed by atoms with van der Waals surface area (Å²) in [6.07, 6.45) is 7.85. The Morgan fingerprint density at radius 3 is 2.60 bits per heavy atom. The maximum atomic E-state index is 13.6. The average Bonchev–Trinajstić information content (AvgIpc) is 3.43. The number of hydrogen-bond acceptors (Lipinski definition) is 5. The molecule has 1 aliphatic carbocycles. The van der Waals surface area contributed by atoms with Crippen LogP contribution in [-0.4, -0.2) is 30.3 Å². The van der Waals surface area contributed by atoms with Gasteiger partial charge in [-0.05, 0) is 49.2 Å². The highest BCUT2D eigenvalue weighted by atomic mass is 32.2. The summed E-state index contributed by atoms with van der Waals surface area (Å²) in [7, 11) is -2.64. The molecule has 1 aliphatic rings. The second-order valence-electron chi connectivity index (χ2n) is 7.26. The van der Waals surface area contributed by atoms with Gasteiger partial charge in [0.05, 0.1) is 31.1 Å². The molecular weight excluding hydrogens is 407 g/mol. The van der Waals surface area contributed by atoms with Crippen molar-refractivity contribution in [2.75, 3.05) is 7.11 Å². The van der Waals surface area contributed by atoms with Crippen LogP contribution in [0.1, 0.15) is 37.4 Å². The number of hydrogen-bond donors (Lipinski definition) is 1. The van der Waals surface area contributed by atoms with Crippen molar-refractivity contribution in [3.8, 4) is 17.0 Å². The van der Waals surface area contributed by atoms with Gasteiger partial charge < -0.3 is 4.74 Å². The fourth-order valence-electron chi connectivity index (χ4n) is 3.80.